The van der Waals surface area contributed by atoms with Crippen LogP contribution in [0.3, 0.4) is 0 Å². The molecule has 0 unspecified atom stereocenters. The van der Waals surface area contributed by atoms with Crippen molar-refractivity contribution in [2.75, 3.05) is 13.2 Å². The van der Waals surface area contributed by atoms with E-state index in [4.69, 9.17) is 9.84 Å². The van der Waals surface area contributed by atoms with Crippen molar-refractivity contribution >= 4 is 11.9 Å². The van der Waals surface area contributed by atoms with E-state index in [1.165, 1.54) is 6.42 Å². The van der Waals surface area contributed by atoms with Crippen molar-refractivity contribution in [1.29, 1.82) is 0 Å². The lowest BCUT2D eigenvalue weighted by atomic mass is 9.78. The van der Waals surface area contributed by atoms with E-state index < -0.39 is 12.6 Å². The van der Waals surface area contributed by atoms with Crippen molar-refractivity contribution < 1.29 is 19.4 Å². The predicted octanol–water partition coefficient (Wildman–Crippen LogP) is 1.03. The lowest BCUT2D eigenvalue weighted by Gasteiger charge is -2.34. The molecule has 0 aromatic rings. The molecule has 5 heteroatoms. The number of aliphatic carboxylic acids is 1. The molecule has 0 aromatic heterocycles. The number of carbonyl (C=O) groups excluding carboxylic acids is 1. The number of carboxylic acids is 1. The van der Waals surface area contributed by atoms with Gasteiger partial charge in [-0.3, -0.25) is 4.79 Å². The molecule has 1 aliphatic carbocycles. The number of carbonyl (C=O) groups is 2. The summed E-state index contributed by atoms with van der Waals surface area (Å²) < 4.78 is 4.75. The van der Waals surface area contributed by atoms with E-state index in [-0.39, 0.29) is 18.6 Å². The van der Waals surface area contributed by atoms with Crippen LogP contribution < -0.4 is 5.32 Å². The maximum atomic E-state index is 11.5. The van der Waals surface area contributed by atoms with E-state index in [1.54, 1.807) is 0 Å². The maximum absolute atomic E-state index is 11.5. The number of hydrogen-bond acceptors (Lipinski definition) is 3. The Bertz CT molecular complexity index is 280. The Morgan fingerprint density at radius 3 is 2.65 bits per heavy atom. The van der Waals surface area contributed by atoms with Crippen molar-refractivity contribution in [3.8, 4) is 0 Å². The number of amides is 1. The highest BCUT2D eigenvalue weighted by atomic mass is 16.5. The highest BCUT2D eigenvalue weighted by Crippen LogP contribution is 2.29. The summed E-state index contributed by atoms with van der Waals surface area (Å²) in [7, 11) is 0. The van der Waals surface area contributed by atoms with Gasteiger partial charge in [-0.2, -0.15) is 0 Å². The predicted molar refractivity (Wildman–Crippen MR) is 62.6 cm³/mol. The minimum absolute atomic E-state index is 0.177. The number of nitrogens with one attached hydrogen (secondary N) is 1. The van der Waals surface area contributed by atoms with Gasteiger partial charge in [0.1, 0.15) is 13.2 Å². The zero-order valence-electron chi connectivity index (χ0n) is 10.4. The molecule has 1 rings (SSSR count). The number of ether oxygens (including phenoxy) is 1. The van der Waals surface area contributed by atoms with Gasteiger partial charge in [-0.15, -0.1) is 0 Å². The average molecular weight is 243 g/mol. The van der Waals surface area contributed by atoms with Crippen LogP contribution in [0.4, 0.5) is 0 Å². The second-order valence-electron chi connectivity index (χ2n) is 4.83. The summed E-state index contributed by atoms with van der Waals surface area (Å²) in [6.07, 6.45) is 3.34. The molecule has 0 spiro atoms. The van der Waals surface area contributed by atoms with Crippen LogP contribution in [0.1, 0.15) is 33.1 Å². The molecule has 1 amide bonds. The molecule has 0 heterocycles. The van der Waals surface area contributed by atoms with E-state index in [1.807, 2.05) is 0 Å². The van der Waals surface area contributed by atoms with Crippen LogP contribution in [0.15, 0.2) is 0 Å². The van der Waals surface area contributed by atoms with E-state index in [0.29, 0.717) is 11.8 Å². The smallest absolute Gasteiger partial charge is 0.329 e. The minimum atomic E-state index is -1.06. The Morgan fingerprint density at radius 1 is 1.29 bits per heavy atom. The second-order valence-corrected chi connectivity index (χ2v) is 4.83. The molecule has 1 aliphatic rings. The molecule has 1 fully saturated rings. The quantitative estimate of drug-likeness (QED) is 0.756. The molecule has 3 atom stereocenters. The number of carboxylic acid groups (broad SMARTS) is 1. The van der Waals surface area contributed by atoms with Crippen LogP contribution in [-0.4, -0.2) is 36.2 Å². The number of hydrogen-bond donors (Lipinski definition) is 2. The van der Waals surface area contributed by atoms with Gasteiger partial charge in [0, 0.05) is 6.04 Å². The maximum Gasteiger partial charge on any atom is 0.329 e. The van der Waals surface area contributed by atoms with Crippen molar-refractivity contribution in [1.82, 2.24) is 5.32 Å². The summed E-state index contributed by atoms with van der Waals surface area (Å²) in [6, 6.07) is 0.194. The van der Waals surface area contributed by atoms with Gasteiger partial charge < -0.3 is 15.2 Å². The van der Waals surface area contributed by atoms with Crippen LogP contribution in [-0.2, 0) is 14.3 Å². The van der Waals surface area contributed by atoms with Crippen molar-refractivity contribution in [3.63, 3.8) is 0 Å². The minimum Gasteiger partial charge on any atom is -0.480 e. The fourth-order valence-electron chi connectivity index (χ4n) is 2.27. The third-order valence-electron chi connectivity index (χ3n) is 3.51. The Hall–Kier alpha value is -1.10. The highest BCUT2D eigenvalue weighted by Gasteiger charge is 2.27. The molecule has 2 N–H and O–H groups in total. The van der Waals surface area contributed by atoms with Crippen LogP contribution in [0.5, 0.6) is 0 Å². The molecule has 0 bridgehead atoms. The Labute approximate surface area is 102 Å². The molecule has 0 radical (unpaired) electrons. The monoisotopic (exact) mass is 243 g/mol. The average Bonchev–Trinajstić information content (AvgIpc) is 2.24. The summed E-state index contributed by atoms with van der Waals surface area (Å²) in [6.45, 7) is 3.74. The molecular formula is C12H21NO4. The van der Waals surface area contributed by atoms with Gasteiger partial charge in [-0.25, -0.2) is 4.79 Å². The fraction of sp³-hybridized carbons (Fsp3) is 0.833. The van der Waals surface area contributed by atoms with E-state index in [9.17, 15) is 9.59 Å². The van der Waals surface area contributed by atoms with Gasteiger partial charge in [0.2, 0.25) is 5.91 Å². The van der Waals surface area contributed by atoms with Gasteiger partial charge in [0.05, 0.1) is 0 Å². The summed E-state index contributed by atoms with van der Waals surface area (Å²) in [5.74, 6) is -0.198. The van der Waals surface area contributed by atoms with Crippen LogP contribution in [0, 0.1) is 11.8 Å². The first-order valence-corrected chi connectivity index (χ1v) is 6.09. The molecule has 0 aliphatic heterocycles. The molecule has 1 saturated carbocycles. The van der Waals surface area contributed by atoms with Gasteiger partial charge >= 0.3 is 5.97 Å². The molecule has 0 aromatic carbocycles. The summed E-state index contributed by atoms with van der Waals surface area (Å²) in [5, 5.41) is 11.3. The molecule has 5 nitrogen and oxygen atoms in total. The van der Waals surface area contributed by atoms with Gasteiger partial charge in [-0.05, 0) is 18.3 Å². The zero-order chi connectivity index (χ0) is 12.8. The lowest BCUT2D eigenvalue weighted by Crippen LogP contribution is -2.45. The van der Waals surface area contributed by atoms with E-state index in [0.717, 1.165) is 12.8 Å². The van der Waals surface area contributed by atoms with Gasteiger partial charge in [-0.1, -0.05) is 26.7 Å². The fourth-order valence-corrected chi connectivity index (χ4v) is 2.27. The van der Waals surface area contributed by atoms with Crippen molar-refractivity contribution in [2.45, 2.75) is 39.2 Å². The molecular weight excluding hydrogens is 222 g/mol. The third-order valence-corrected chi connectivity index (χ3v) is 3.51. The second kappa shape index (κ2) is 6.59. The Kier molecular flexibility index (Phi) is 5.41. The third kappa shape index (κ3) is 4.73. The Morgan fingerprint density at radius 2 is 2.00 bits per heavy atom. The molecule has 0 saturated heterocycles. The van der Waals surface area contributed by atoms with Crippen LogP contribution >= 0.6 is 0 Å². The SMILES string of the molecule is C[C@@H]1[C@H](C)CCC[C@H]1NC(=O)COCC(=O)O. The van der Waals surface area contributed by atoms with Gasteiger partial charge in [0.25, 0.3) is 0 Å². The summed E-state index contributed by atoms with van der Waals surface area (Å²) >= 11 is 0. The van der Waals surface area contributed by atoms with E-state index in [2.05, 4.69) is 19.2 Å². The van der Waals surface area contributed by atoms with Crippen molar-refractivity contribution in [2.24, 2.45) is 11.8 Å². The summed E-state index contributed by atoms with van der Waals surface area (Å²) in [5.41, 5.74) is 0. The van der Waals surface area contributed by atoms with E-state index >= 15 is 0 Å². The first kappa shape index (κ1) is 14.0. The van der Waals surface area contributed by atoms with Crippen molar-refractivity contribution in [3.05, 3.63) is 0 Å². The first-order valence-electron chi connectivity index (χ1n) is 6.09. The topological polar surface area (TPSA) is 75.6 Å². The van der Waals surface area contributed by atoms with Crippen LogP contribution in [0.25, 0.3) is 0 Å². The normalized spacial score (nSPS) is 28.7. The highest BCUT2D eigenvalue weighted by molar-refractivity contribution is 5.78. The zero-order valence-corrected chi connectivity index (χ0v) is 10.4. The lowest BCUT2D eigenvalue weighted by molar-refractivity contribution is -0.143. The molecule has 98 valence electrons. The number of rotatable bonds is 5. The molecule has 17 heavy (non-hydrogen) atoms. The summed E-state index contributed by atoms with van der Waals surface area (Å²) in [4.78, 5) is 21.7. The standard InChI is InChI=1S/C12H21NO4/c1-8-4-3-5-10(9(8)2)13-11(14)6-17-7-12(15)16/h8-10H,3-7H2,1-2H3,(H,13,14)(H,15,16)/t8-,9-,10-/m1/s1. The largest absolute Gasteiger partial charge is 0.480 e. The van der Waals surface area contributed by atoms with Crippen LogP contribution in [0.2, 0.25) is 0 Å². The van der Waals surface area contributed by atoms with Gasteiger partial charge in [0.15, 0.2) is 0 Å². The Balaban J connectivity index is 2.27. The first-order chi connectivity index (χ1) is 8.00.